The molecule has 2 heterocycles. The second kappa shape index (κ2) is 11.9. The number of hydrogen-bond acceptors (Lipinski definition) is 3. The van der Waals surface area contributed by atoms with Crippen molar-refractivity contribution in [3.63, 3.8) is 0 Å². The fourth-order valence-corrected chi connectivity index (χ4v) is 7.45. The monoisotopic (exact) mass is 653 g/mol. The fraction of sp³-hybridized carbons (Fsp3) is 0. The van der Waals surface area contributed by atoms with Gasteiger partial charge < -0.3 is 13.9 Å². The van der Waals surface area contributed by atoms with Crippen LogP contribution in [0, 0.1) is 0 Å². The average molecular weight is 654 g/mol. The van der Waals surface area contributed by atoms with Gasteiger partial charge in [-0.1, -0.05) is 109 Å². The Bertz CT molecular complexity index is 2840. The molecule has 0 fully saturated rings. The molecule has 0 N–H and O–H groups in total. The summed E-state index contributed by atoms with van der Waals surface area (Å²) >= 11 is 0. The van der Waals surface area contributed by atoms with Crippen molar-refractivity contribution in [1.29, 1.82) is 0 Å². The van der Waals surface area contributed by atoms with Crippen molar-refractivity contribution < 1.29 is 4.42 Å². The average Bonchev–Trinajstić information content (AvgIpc) is 3.80. The molecule has 0 radical (unpaired) electrons. The van der Waals surface area contributed by atoms with Crippen LogP contribution in [-0.4, -0.2) is 9.55 Å². The molecule has 0 aliphatic rings. The van der Waals surface area contributed by atoms with Crippen molar-refractivity contribution in [2.24, 2.45) is 0 Å². The van der Waals surface area contributed by atoms with Crippen LogP contribution < -0.4 is 4.90 Å². The minimum Gasteiger partial charge on any atom is -0.436 e. The van der Waals surface area contributed by atoms with Gasteiger partial charge in [0.05, 0.1) is 16.7 Å². The molecule has 240 valence electrons. The van der Waals surface area contributed by atoms with E-state index in [1.54, 1.807) is 0 Å². The first-order valence-corrected chi connectivity index (χ1v) is 17.2. The highest BCUT2D eigenvalue weighted by Gasteiger charge is 2.22. The Labute approximate surface area is 295 Å². The van der Waals surface area contributed by atoms with Crippen molar-refractivity contribution in [3.8, 4) is 28.3 Å². The molecule has 10 rings (SSSR count). The van der Waals surface area contributed by atoms with Crippen molar-refractivity contribution >= 4 is 60.7 Å². The van der Waals surface area contributed by atoms with Crippen LogP contribution in [0.25, 0.3) is 71.9 Å². The van der Waals surface area contributed by atoms with Crippen LogP contribution >= 0.6 is 0 Å². The molecular weight excluding hydrogens is 623 g/mol. The van der Waals surface area contributed by atoms with Crippen LogP contribution in [0.1, 0.15) is 0 Å². The van der Waals surface area contributed by atoms with E-state index in [-0.39, 0.29) is 0 Å². The lowest BCUT2D eigenvalue weighted by molar-refractivity contribution is 0.620. The Morgan fingerprint density at radius 1 is 0.471 bits per heavy atom. The molecule has 10 aromatic rings. The standard InChI is InChI=1S/C47H31N3O/c1-4-13-32(14-5-1)33-23-26-37(27-24-33)49(38-28-29-39-35(31-38)25-30-44-46(39)48-47(51-44)34-15-6-2-7-16-34)42-21-12-22-43-45(42)40-19-10-11-20-41(40)50(43)36-17-8-3-9-18-36/h1-31H. The van der Waals surface area contributed by atoms with Crippen molar-refractivity contribution in [2.45, 2.75) is 0 Å². The molecule has 0 bridgehead atoms. The molecule has 0 saturated heterocycles. The highest BCUT2D eigenvalue weighted by Crippen LogP contribution is 2.45. The Kier molecular flexibility index (Phi) is 6.78. The van der Waals surface area contributed by atoms with Gasteiger partial charge in [-0.25, -0.2) is 4.98 Å². The number of rotatable bonds is 6. The summed E-state index contributed by atoms with van der Waals surface area (Å²) in [5.74, 6) is 0.629. The molecule has 0 aliphatic carbocycles. The number of anilines is 3. The first kappa shape index (κ1) is 29.0. The van der Waals surface area contributed by atoms with Crippen LogP contribution in [0.4, 0.5) is 17.1 Å². The van der Waals surface area contributed by atoms with E-state index >= 15 is 0 Å². The van der Waals surface area contributed by atoms with Crippen LogP contribution in [0.5, 0.6) is 0 Å². The highest BCUT2D eigenvalue weighted by molar-refractivity contribution is 6.17. The number of para-hydroxylation sites is 2. The predicted molar refractivity (Wildman–Crippen MR) is 211 cm³/mol. The number of benzene rings is 8. The molecule has 2 aromatic heterocycles. The third-order valence-corrected chi connectivity index (χ3v) is 9.80. The molecule has 4 heteroatoms. The molecule has 51 heavy (non-hydrogen) atoms. The number of aromatic nitrogens is 2. The molecule has 0 amide bonds. The van der Waals surface area contributed by atoms with Gasteiger partial charge in [-0.3, -0.25) is 0 Å². The summed E-state index contributed by atoms with van der Waals surface area (Å²) in [6.45, 7) is 0. The van der Waals surface area contributed by atoms with Gasteiger partial charge in [0, 0.05) is 38.8 Å². The molecule has 0 atom stereocenters. The van der Waals surface area contributed by atoms with E-state index in [0.717, 1.165) is 55.7 Å². The smallest absolute Gasteiger partial charge is 0.227 e. The van der Waals surface area contributed by atoms with Crippen LogP contribution in [0.3, 0.4) is 0 Å². The van der Waals surface area contributed by atoms with E-state index in [1.165, 1.54) is 27.4 Å². The summed E-state index contributed by atoms with van der Waals surface area (Å²) in [5, 5.41) is 4.55. The molecule has 0 aliphatic heterocycles. The Hall–Kier alpha value is -6.91. The fourth-order valence-electron chi connectivity index (χ4n) is 7.45. The molecule has 0 spiro atoms. The van der Waals surface area contributed by atoms with Gasteiger partial charge in [-0.15, -0.1) is 0 Å². The minimum absolute atomic E-state index is 0.629. The van der Waals surface area contributed by atoms with Gasteiger partial charge in [0.2, 0.25) is 5.89 Å². The van der Waals surface area contributed by atoms with Crippen LogP contribution in [-0.2, 0) is 0 Å². The lowest BCUT2D eigenvalue weighted by Crippen LogP contribution is -2.10. The first-order chi connectivity index (χ1) is 25.3. The second-order valence-corrected chi connectivity index (χ2v) is 12.8. The Morgan fingerprint density at radius 3 is 1.90 bits per heavy atom. The van der Waals surface area contributed by atoms with Crippen LogP contribution in [0.2, 0.25) is 0 Å². The lowest BCUT2D eigenvalue weighted by Gasteiger charge is -2.27. The minimum atomic E-state index is 0.629. The summed E-state index contributed by atoms with van der Waals surface area (Å²) in [4.78, 5) is 7.35. The maximum Gasteiger partial charge on any atom is 0.227 e. The predicted octanol–water partition coefficient (Wildman–Crippen LogP) is 12.9. The molecule has 8 aromatic carbocycles. The van der Waals surface area contributed by atoms with Gasteiger partial charge in [0.25, 0.3) is 0 Å². The van der Waals surface area contributed by atoms with E-state index in [1.807, 2.05) is 36.4 Å². The zero-order chi connectivity index (χ0) is 33.7. The quantitative estimate of drug-likeness (QED) is 0.179. The van der Waals surface area contributed by atoms with Gasteiger partial charge in [-0.2, -0.15) is 0 Å². The van der Waals surface area contributed by atoms with Gasteiger partial charge in [-0.05, 0) is 95.4 Å². The summed E-state index contributed by atoms with van der Waals surface area (Å²) in [6, 6.07) is 66.3. The van der Waals surface area contributed by atoms with Gasteiger partial charge in [0.15, 0.2) is 5.58 Å². The van der Waals surface area contributed by atoms with E-state index in [4.69, 9.17) is 9.40 Å². The first-order valence-electron chi connectivity index (χ1n) is 17.2. The maximum atomic E-state index is 6.23. The zero-order valence-electron chi connectivity index (χ0n) is 27.6. The summed E-state index contributed by atoms with van der Waals surface area (Å²) in [7, 11) is 0. The summed E-state index contributed by atoms with van der Waals surface area (Å²) < 4.78 is 8.60. The maximum absolute atomic E-state index is 6.23. The number of hydrogen-bond donors (Lipinski definition) is 0. The highest BCUT2D eigenvalue weighted by atomic mass is 16.3. The Balaban J connectivity index is 1.20. The molecule has 0 saturated carbocycles. The Morgan fingerprint density at radius 2 is 1.12 bits per heavy atom. The molecule has 0 unspecified atom stereocenters. The largest absolute Gasteiger partial charge is 0.436 e. The second-order valence-electron chi connectivity index (χ2n) is 12.8. The summed E-state index contributed by atoms with van der Waals surface area (Å²) in [6.07, 6.45) is 0. The van der Waals surface area contributed by atoms with Gasteiger partial charge >= 0.3 is 0 Å². The molecular formula is C47H31N3O. The molecule has 4 nitrogen and oxygen atoms in total. The van der Waals surface area contributed by atoms with E-state index in [9.17, 15) is 0 Å². The van der Waals surface area contributed by atoms with Crippen molar-refractivity contribution in [3.05, 3.63) is 188 Å². The third-order valence-electron chi connectivity index (χ3n) is 9.80. The van der Waals surface area contributed by atoms with Crippen LogP contribution in [0.15, 0.2) is 192 Å². The number of nitrogens with zero attached hydrogens (tertiary/aromatic N) is 3. The van der Waals surface area contributed by atoms with Crippen molar-refractivity contribution in [1.82, 2.24) is 9.55 Å². The van der Waals surface area contributed by atoms with Crippen molar-refractivity contribution in [2.75, 3.05) is 4.90 Å². The number of fused-ring (bicyclic) bond motifs is 6. The zero-order valence-corrected chi connectivity index (χ0v) is 27.6. The van der Waals surface area contributed by atoms with E-state index in [2.05, 4.69) is 161 Å². The van der Waals surface area contributed by atoms with E-state index < -0.39 is 0 Å². The summed E-state index contributed by atoms with van der Waals surface area (Å²) in [5.41, 5.74) is 11.7. The number of oxazole rings is 1. The van der Waals surface area contributed by atoms with Gasteiger partial charge in [0.1, 0.15) is 5.52 Å². The third kappa shape index (κ3) is 4.88. The topological polar surface area (TPSA) is 34.2 Å². The normalized spacial score (nSPS) is 11.5. The lowest BCUT2D eigenvalue weighted by atomic mass is 10.0. The van der Waals surface area contributed by atoms with E-state index in [0.29, 0.717) is 5.89 Å². The SMILES string of the molecule is c1ccc(-c2ccc(N(c3ccc4c(ccc5oc(-c6ccccc6)nc54)c3)c3cccc4c3c3ccccc3n4-c3ccccc3)cc2)cc1.